The maximum Gasteiger partial charge on any atom is 0.0805 e. The summed E-state index contributed by atoms with van der Waals surface area (Å²) in [6, 6.07) is 0. The average Bonchev–Trinajstić information content (AvgIpc) is 1.97. The first-order valence-electron chi connectivity index (χ1n) is 4.31. The molecule has 0 rings (SSSR count). The topological polar surface area (TPSA) is 9.23 Å². The third-order valence-corrected chi connectivity index (χ3v) is 1.53. The Kier molecular flexibility index (Phi) is 8.92. The molecule has 0 aromatic carbocycles. The van der Waals surface area contributed by atoms with Gasteiger partial charge in [-0.2, -0.15) is 0 Å². The lowest BCUT2D eigenvalue weighted by atomic mass is 10.2. The van der Waals surface area contributed by atoms with Crippen LogP contribution in [0.15, 0.2) is 0 Å². The van der Waals surface area contributed by atoms with Gasteiger partial charge in [0.2, 0.25) is 0 Å². The van der Waals surface area contributed by atoms with Gasteiger partial charge in [0.15, 0.2) is 0 Å². The molecule has 0 N–H and O–H groups in total. The van der Waals surface area contributed by atoms with Crippen molar-refractivity contribution in [2.75, 3.05) is 6.61 Å². The molecule has 0 heterocycles. The molecule has 0 saturated heterocycles. The first-order valence-corrected chi connectivity index (χ1v) is 4.31. The number of hydrogen-bond donors (Lipinski definition) is 0. The molecule has 0 bridgehead atoms. The molecule has 0 fully saturated rings. The smallest absolute Gasteiger partial charge is 0.0805 e. The second kappa shape index (κ2) is 8.96. The van der Waals surface area contributed by atoms with Gasteiger partial charge in [-0.05, 0) is 13.3 Å². The summed E-state index contributed by atoms with van der Waals surface area (Å²) in [7, 11) is 0. The maximum absolute atomic E-state index is 5.09. The lowest BCUT2D eigenvalue weighted by Gasteiger charge is -1.99. The van der Waals surface area contributed by atoms with Gasteiger partial charge in [-0.15, -0.1) is 0 Å². The van der Waals surface area contributed by atoms with Crippen molar-refractivity contribution in [2.45, 2.75) is 46.0 Å². The standard InChI is InChI=1S/C9H19O/c1-3-5-6-7-8-9-10-4-2/h4H,3,5-9H2,1-2H3. The van der Waals surface area contributed by atoms with E-state index in [9.17, 15) is 0 Å². The van der Waals surface area contributed by atoms with Crippen molar-refractivity contribution in [2.24, 2.45) is 0 Å². The van der Waals surface area contributed by atoms with Crippen LogP contribution >= 0.6 is 0 Å². The van der Waals surface area contributed by atoms with Gasteiger partial charge >= 0.3 is 0 Å². The van der Waals surface area contributed by atoms with Crippen LogP contribution in [-0.4, -0.2) is 6.61 Å². The van der Waals surface area contributed by atoms with E-state index in [1.54, 1.807) is 6.61 Å². The minimum absolute atomic E-state index is 0.903. The second-order valence-electron chi connectivity index (χ2n) is 2.52. The Morgan fingerprint density at radius 1 is 1.10 bits per heavy atom. The molecule has 0 atom stereocenters. The summed E-state index contributed by atoms with van der Waals surface area (Å²) < 4.78 is 5.09. The van der Waals surface area contributed by atoms with Crippen LogP contribution < -0.4 is 0 Å². The molecule has 0 unspecified atom stereocenters. The molecule has 10 heavy (non-hydrogen) atoms. The molecular formula is C9H19O. The van der Waals surface area contributed by atoms with Crippen LogP contribution in [0.25, 0.3) is 0 Å². The van der Waals surface area contributed by atoms with E-state index in [0.29, 0.717) is 0 Å². The van der Waals surface area contributed by atoms with Gasteiger partial charge in [0, 0.05) is 6.61 Å². The Balaban J connectivity index is 2.65. The van der Waals surface area contributed by atoms with Crippen molar-refractivity contribution >= 4 is 0 Å². The van der Waals surface area contributed by atoms with Crippen LogP contribution in [0.2, 0.25) is 0 Å². The van der Waals surface area contributed by atoms with Gasteiger partial charge in [-0.3, -0.25) is 0 Å². The molecule has 1 radical (unpaired) electrons. The van der Waals surface area contributed by atoms with E-state index in [2.05, 4.69) is 6.92 Å². The van der Waals surface area contributed by atoms with Gasteiger partial charge in [0.1, 0.15) is 0 Å². The zero-order valence-electron chi connectivity index (χ0n) is 7.23. The Bertz CT molecular complexity index is 44.7. The van der Waals surface area contributed by atoms with Crippen LogP contribution in [0.3, 0.4) is 0 Å². The van der Waals surface area contributed by atoms with Crippen LogP contribution in [-0.2, 0) is 4.74 Å². The fourth-order valence-corrected chi connectivity index (χ4v) is 0.907. The Morgan fingerprint density at radius 2 is 1.80 bits per heavy atom. The number of rotatable bonds is 7. The summed E-state index contributed by atoms with van der Waals surface area (Å²) >= 11 is 0. The molecular weight excluding hydrogens is 124 g/mol. The summed E-state index contributed by atoms with van der Waals surface area (Å²) in [5.74, 6) is 0. The minimum Gasteiger partial charge on any atom is -0.376 e. The van der Waals surface area contributed by atoms with Gasteiger partial charge in [0.25, 0.3) is 0 Å². The van der Waals surface area contributed by atoms with Crippen molar-refractivity contribution in [3.63, 3.8) is 0 Å². The number of hydrogen-bond acceptors (Lipinski definition) is 1. The highest BCUT2D eigenvalue weighted by Crippen LogP contribution is 2.02. The molecule has 0 saturated carbocycles. The molecule has 61 valence electrons. The van der Waals surface area contributed by atoms with Crippen molar-refractivity contribution in [1.82, 2.24) is 0 Å². The number of unbranched alkanes of at least 4 members (excludes halogenated alkanes) is 4. The SMILES string of the molecule is C[CH]OCCCCCCC. The highest BCUT2D eigenvalue weighted by Gasteiger charge is 1.87. The van der Waals surface area contributed by atoms with Crippen molar-refractivity contribution < 1.29 is 4.74 Å². The molecule has 1 nitrogen and oxygen atoms in total. The lowest BCUT2D eigenvalue weighted by Crippen LogP contribution is -1.89. The van der Waals surface area contributed by atoms with Gasteiger partial charge in [-0.25, -0.2) is 0 Å². The molecule has 0 aliphatic carbocycles. The summed E-state index contributed by atoms with van der Waals surface area (Å²) in [5.41, 5.74) is 0. The monoisotopic (exact) mass is 143 g/mol. The molecule has 0 aromatic heterocycles. The number of ether oxygens (including phenoxy) is 1. The van der Waals surface area contributed by atoms with E-state index in [1.807, 2.05) is 6.92 Å². The fourth-order valence-electron chi connectivity index (χ4n) is 0.907. The molecule has 0 aliphatic rings. The Labute approximate surface area is 64.8 Å². The summed E-state index contributed by atoms with van der Waals surface area (Å²) in [6.45, 7) is 6.82. The summed E-state index contributed by atoms with van der Waals surface area (Å²) in [5, 5.41) is 0. The third kappa shape index (κ3) is 7.96. The molecule has 1 heteroatoms. The molecule has 0 aromatic rings. The van der Waals surface area contributed by atoms with E-state index < -0.39 is 0 Å². The first kappa shape index (κ1) is 9.96. The zero-order valence-corrected chi connectivity index (χ0v) is 7.23. The van der Waals surface area contributed by atoms with Gasteiger partial charge < -0.3 is 4.74 Å². The highest BCUT2D eigenvalue weighted by molar-refractivity contribution is 4.42. The van der Waals surface area contributed by atoms with Crippen LogP contribution in [0.1, 0.15) is 46.0 Å². The molecule has 0 amide bonds. The Morgan fingerprint density at radius 3 is 2.40 bits per heavy atom. The van der Waals surface area contributed by atoms with Crippen molar-refractivity contribution in [1.29, 1.82) is 0 Å². The predicted molar refractivity (Wildman–Crippen MR) is 44.7 cm³/mol. The van der Waals surface area contributed by atoms with Gasteiger partial charge in [0.05, 0.1) is 6.61 Å². The average molecular weight is 143 g/mol. The normalized spacial score (nSPS) is 10.2. The van der Waals surface area contributed by atoms with E-state index >= 15 is 0 Å². The minimum atomic E-state index is 0.903. The van der Waals surface area contributed by atoms with Crippen molar-refractivity contribution in [3.8, 4) is 0 Å². The second-order valence-corrected chi connectivity index (χ2v) is 2.52. The molecule has 0 aliphatic heterocycles. The van der Waals surface area contributed by atoms with Crippen LogP contribution in [0.4, 0.5) is 0 Å². The van der Waals surface area contributed by atoms with E-state index in [0.717, 1.165) is 6.61 Å². The Hall–Kier alpha value is -0.0400. The molecule has 0 spiro atoms. The van der Waals surface area contributed by atoms with Gasteiger partial charge in [-0.1, -0.05) is 32.6 Å². The third-order valence-electron chi connectivity index (χ3n) is 1.53. The zero-order chi connectivity index (χ0) is 7.66. The van der Waals surface area contributed by atoms with Crippen LogP contribution in [0.5, 0.6) is 0 Å². The predicted octanol–water partition coefficient (Wildman–Crippen LogP) is 3.16. The quantitative estimate of drug-likeness (QED) is 0.497. The summed E-state index contributed by atoms with van der Waals surface area (Å²) in [6.07, 6.45) is 6.59. The fraction of sp³-hybridized carbons (Fsp3) is 0.889. The lowest BCUT2D eigenvalue weighted by molar-refractivity contribution is 0.197. The van der Waals surface area contributed by atoms with E-state index in [1.165, 1.54) is 32.1 Å². The first-order chi connectivity index (χ1) is 4.91. The van der Waals surface area contributed by atoms with E-state index in [4.69, 9.17) is 4.74 Å². The van der Waals surface area contributed by atoms with Crippen molar-refractivity contribution in [3.05, 3.63) is 6.61 Å². The van der Waals surface area contributed by atoms with E-state index in [-0.39, 0.29) is 0 Å². The maximum atomic E-state index is 5.09. The van der Waals surface area contributed by atoms with Crippen LogP contribution in [0, 0.1) is 6.61 Å². The highest BCUT2D eigenvalue weighted by atomic mass is 16.5. The largest absolute Gasteiger partial charge is 0.376 e. The summed E-state index contributed by atoms with van der Waals surface area (Å²) in [4.78, 5) is 0.